The van der Waals surface area contributed by atoms with E-state index in [4.69, 9.17) is 9.47 Å². The Kier molecular flexibility index (Phi) is 9.58. The van der Waals surface area contributed by atoms with Gasteiger partial charge < -0.3 is 9.47 Å². The van der Waals surface area contributed by atoms with Crippen LogP contribution in [0.1, 0.15) is 63.4 Å². The number of unbranched alkanes of at least 4 members (excludes halogenated alkanes) is 1. The lowest BCUT2D eigenvalue weighted by atomic mass is 9.84. The Labute approximate surface area is 146 Å². The molecule has 0 N–H and O–H groups in total. The largest absolute Gasteiger partial charge is 0.491 e. The van der Waals surface area contributed by atoms with Crippen LogP contribution in [0.25, 0.3) is 0 Å². The number of benzene rings is 1. The highest BCUT2D eigenvalue weighted by Gasteiger charge is 2.15. The quantitative estimate of drug-likeness (QED) is 0.486. The van der Waals surface area contributed by atoms with Crippen LogP contribution < -0.4 is 4.74 Å². The molecule has 130 valence electrons. The zero-order valence-corrected chi connectivity index (χ0v) is 15.4. The molecule has 0 radical (unpaired) electrons. The maximum Gasteiger partial charge on any atom is 0.119 e. The van der Waals surface area contributed by atoms with E-state index < -0.39 is 0 Å². The summed E-state index contributed by atoms with van der Waals surface area (Å²) < 4.78 is 11.4. The van der Waals surface area contributed by atoms with Crippen molar-refractivity contribution in [3.63, 3.8) is 0 Å². The lowest BCUT2D eigenvalue weighted by Gasteiger charge is -2.22. The highest BCUT2D eigenvalue weighted by Crippen LogP contribution is 2.33. The van der Waals surface area contributed by atoms with Crippen molar-refractivity contribution in [1.29, 1.82) is 0 Å². The van der Waals surface area contributed by atoms with Gasteiger partial charge in [0.25, 0.3) is 0 Å². The summed E-state index contributed by atoms with van der Waals surface area (Å²) in [7, 11) is 0. The third-order valence-corrected chi connectivity index (χ3v) is 5.50. The highest BCUT2D eigenvalue weighted by molar-refractivity contribution is 7.99. The van der Waals surface area contributed by atoms with Crippen molar-refractivity contribution in [3.8, 4) is 5.75 Å². The molecule has 0 saturated heterocycles. The molecule has 0 bridgehead atoms. The fourth-order valence-electron chi connectivity index (χ4n) is 3.06. The van der Waals surface area contributed by atoms with Crippen LogP contribution in [0.2, 0.25) is 0 Å². The molecule has 1 aliphatic carbocycles. The molecule has 1 aromatic carbocycles. The monoisotopic (exact) mass is 336 g/mol. The molecule has 2 rings (SSSR count). The molecule has 0 unspecified atom stereocenters. The summed E-state index contributed by atoms with van der Waals surface area (Å²) in [5.41, 5.74) is 1.48. The Bertz CT molecular complexity index is 399. The highest BCUT2D eigenvalue weighted by atomic mass is 32.2. The van der Waals surface area contributed by atoms with Gasteiger partial charge >= 0.3 is 0 Å². The van der Waals surface area contributed by atoms with Gasteiger partial charge in [0.05, 0.1) is 13.2 Å². The number of hydrogen-bond acceptors (Lipinski definition) is 3. The van der Waals surface area contributed by atoms with Crippen molar-refractivity contribution in [2.24, 2.45) is 0 Å². The zero-order chi connectivity index (χ0) is 16.2. The predicted octanol–water partition coefficient (Wildman–Crippen LogP) is 5.66. The summed E-state index contributed by atoms with van der Waals surface area (Å²) in [6.07, 6.45) is 9.48. The first-order valence-electron chi connectivity index (χ1n) is 9.28. The van der Waals surface area contributed by atoms with E-state index >= 15 is 0 Å². The smallest absolute Gasteiger partial charge is 0.119 e. The van der Waals surface area contributed by atoms with Gasteiger partial charge in [0, 0.05) is 5.75 Å². The Morgan fingerprint density at radius 2 is 1.74 bits per heavy atom. The number of ether oxygens (including phenoxy) is 2. The number of rotatable bonds is 11. The Balaban J connectivity index is 1.54. The van der Waals surface area contributed by atoms with Crippen molar-refractivity contribution >= 4 is 11.8 Å². The molecule has 0 amide bonds. The first kappa shape index (κ1) is 18.7. The molecule has 0 aliphatic heterocycles. The van der Waals surface area contributed by atoms with E-state index in [1.165, 1.54) is 56.3 Å². The molecule has 1 aliphatic rings. The van der Waals surface area contributed by atoms with Gasteiger partial charge in [-0.05, 0) is 48.6 Å². The van der Waals surface area contributed by atoms with E-state index in [1.54, 1.807) is 0 Å². The van der Waals surface area contributed by atoms with Crippen LogP contribution in [0, 0.1) is 0 Å². The first-order valence-corrected chi connectivity index (χ1v) is 10.4. The van der Waals surface area contributed by atoms with Gasteiger partial charge in [-0.2, -0.15) is 11.8 Å². The normalized spacial score (nSPS) is 15.7. The third-order valence-electron chi connectivity index (χ3n) is 4.47. The molecule has 1 fully saturated rings. The lowest BCUT2D eigenvalue weighted by Crippen LogP contribution is -2.09. The Morgan fingerprint density at radius 3 is 2.48 bits per heavy atom. The standard InChI is InChI=1S/C20H32O2S/c1-2-3-16-23-17-15-21-13-14-22-20-11-9-19(10-12-20)18-7-5-4-6-8-18/h9-12,18H,2-8,13-17H2,1H3. The molecular weight excluding hydrogens is 304 g/mol. The molecule has 0 aromatic heterocycles. The second-order valence-corrected chi connectivity index (χ2v) is 7.56. The molecule has 0 spiro atoms. The molecule has 1 aromatic rings. The van der Waals surface area contributed by atoms with Gasteiger partial charge in [-0.25, -0.2) is 0 Å². The molecule has 2 nitrogen and oxygen atoms in total. The summed E-state index contributed by atoms with van der Waals surface area (Å²) in [5.74, 6) is 4.08. The van der Waals surface area contributed by atoms with Gasteiger partial charge in [-0.3, -0.25) is 0 Å². The van der Waals surface area contributed by atoms with Gasteiger partial charge in [-0.1, -0.05) is 44.7 Å². The average Bonchev–Trinajstić information content (AvgIpc) is 2.62. The van der Waals surface area contributed by atoms with E-state index in [0.29, 0.717) is 13.2 Å². The fourth-order valence-corrected chi connectivity index (χ4v) is 3.99. The molecule has 1 saturated carbocycles. The molecule has 0 heterocycles. The second kappa shape index (κ2) is 11.8. The van der Waals surface area contributed by atoms with Crippen molar-refractivity contribution in [1.82, 2.24) is 0 Å². The predicted molar refractivity (Wildman–Crippen MR) is 101 cm³/mol. The van der Waals surface area contributed by atoms with Gasteiger partial charge in [0.15, 0.2) is 0 Å². The first-order chi connectivity index (χ1) is 11.4. The zero-order valence-electron chi connectivity index (χ0n) is 14.6. The minimum absolute atomic E-state index is 0.641. The third kappa shape index (κ3) is 7.63. The summed E-state index contributed by atoms with van der Waals surface area (Å²) in [4.78, 5) is 0. The Hall–Kier alpha value is -0.670. The van der Waals surface area contributed by atoms with E-state index in [2.05, 4.69) is 31.2 Å². The maximum atomic E-state index is 5.76. The number of thioether (sulfide) groups is 1. The molecule has 0 atom stereocenters. The van der Waals surface area contributed by atoms with Gasteiger partial charge in [0.1, 0.15) is 12.4 Å². The minimum Gasteiger partial charge on any atom is -0.491 e. The fraction of sp³-hybridized carbons (Fsp3) is 0.700. The molecular formula is C20H32O2S. The summed E-state index contributed by atoms with van der Waals surface area (Å²) >= 11 is 1.98. The van der Waals surface area contributed by atoms with Crippen LogP contribution >= 0.6 is 11.8 Å². The second-order valence-electron chi connectivity index (χ2n) is 6.33. The SMILES string of the molecule is CCCCSCCOCCOc1ccc(C2CCCCC2)cc1. The summed E-state index contributed by atoms with van der Waals surface area (Å²) in [5, 5.41) is 0. The van der Waals surface area contributed by atoms with E-state index in [1.807, 2.05) is 11.8 Å². The van der Waals surface area contributed by atoms with Crippen molar-refractivity contribution in [2.75, 3.05) is 31.3 Å². The van der Waals surface area contributed by atoms with E-state index in [0.717, 1.165) is 24.0 Å². The van der Waals surface area contributed by atoms with Gasteiger partial charge in [-0.15, -0.1) is 0 Å². The summed E-state index contributed by atoms with van der Waals surface area (Å²) in [6.45, 7) is 4.38. The topological polar surface area (TPSA) is 18.5 Å². The van der Waals surface area contributed by atoms with Crippen molar-refractivity contribution < 1.29 is 9.47 Å². The molecule has 3 heteroatoms. The maximum absolute atomic E-state index is 5.76. The minimum atomic E-state index is 0.641. The van der Waals surface area contributed by atoms with Crippen LogP contribution in [0.5, 0.6) is 5.75 Å². The van der Waals surface area contributed by atoms with Gasteiger partial charge in [0.2, 0.25) is 0 Å². The van der Waals surface area contributed by atoms with Crippen LogP contribution in [0.15, 0.2) is 24.3 Å². The molecule has 23 heavy (non-hydrogen) atoms. The van der Waals surface area contributed by atoms with E-state index in [-0.39, 0.29) is 0 Å². The van der Waals surface area contributed by atoms with Crippen molar-refractivity contribution in [3.05, 3.63) is 29.8 Å². The number of hydrogen-bond donors (Lipinski definition) is 0. The Morgan fingerprint density at radius 1 is 0.957 bits per heavy atom. The van der Waals surface area contributed by atoms with Crippen LogP contribution in [-0.4, -0.2) is 31.3 Å². The van der Waals surface area contributed by atoms with Crippen LogP contribution in [0.4, 0.5) is 0 Å². The lowest BCUT2D eigenvalue weighted by molar-refractivity contribution is 0.112. The summed E-state index contributed by atoms with van der Waals surface area (Å²) in [6, 6.07) is 8.72. The van der Waals surface area contributed by atoms with Crippen molar-refractivity contribution in [2.45, 2.75) is 57.8 Å². The van der Waals surface area contributed by atoms with Crippen LogP contribution in [-0.2, 0) is 4.74 Å². The van der Waals surface area contributed by atoms with E-state index in [9.17, 15) is 0 Å². The van der Waals surface area contributed by atoms with Crippen LogP contribution in [0.3, 0.4) is 0 Å². The average molecular weight is 337 g/mol.